The summed E-state index contributed by atoms with van der Waals surface area (Å²) in [6.07, 6.45) is 1.26. The van der Waals surface area contributed by atoms with Gasteiger partial charge in [-0.15, -0.1) is 0 Å². The van der Waals surface area contributed by atoms with Gasteiger partial charge in [0.2, 0.25) is 0 Å². The number of morpholine rings is 1. The Bertz CT molecular complexity index is 819. The zero-order valence-electron chi connectivity index (χ0n) is 14.6. The molecule has 2 aromatic rings. The number of methoxy groups -OCH3 is 1. The van der Waals surface area contributed by atoms with Crippen LogP contribution in [0, 0.1) is 5.82 Å². The summed E-state index contributed by atoms with van der Waals surface area (Å²) in [5.41, 5.74) is 1.10. The third kappa shape index (κ3) is 4.17. The van der Waals surface area contributed by atoms with Crippen molar-refractivity contribution in [1.82, 2.24) is 9.47 Å². The maximum atomic E-state index is 13.1. The summed E-state index contributed by atoms with van der Waals surface area (Å²) in [5, 5.41) is 0. The number of hydrogen-bond donors (Lipinski definition) is 0. The SMILES string of the molecule is COCCn1cc(C(=O)N2CCO[C@@H](c3ccc(F)cc3)C2)ccc1=O. The van der Waals surface area contributed by atoms with Crippen LogP contribution in [0.3, 0.4) is 0 Å². The predicted molar refractivity (Wildman–Crippen MR) is 93.6 cm³/mol. The molecule has 1 fully saturated rings. The molecule has 138 valence electrons. The number of hydrogen-bond acceptors (Lipinski definition) is 4. The highest BCUT2D eigenvalue weighted by Crippen LogP contribution is 2.23. The zero-order valence-corrected chi connectivity index (χ0v) is 14.6. The Morgan fingerprint density at radius 3 is 2.77 bits per heavy atom. The molecule has 6 nitrogen and oxygen atoms in total. The maximum Gasteiger partial charge on any atom is 0.255 e. The van der Waals surface area contributed by atoms with E-state index >= 15 is 0 Å². The van der Waals surface area contributed by atoms with Gasteiger partial charge in [-0.3, -0.25) is 9.59 Å². The predicted octanol–water partition coefficient (Wildman–Crippen LogP) is 1.85. The number of pyridine rings is 1. The second kappa shape index (κ2) is 8.25. The summed E-state index contributed by atoms with van der Waals surface area (Å²) in [7, 11) is 1.56. The second-order valence-electron chi connectivity index (χ2n) is 6.10. The number of halogens is 1. The lowest BCUT2D eigenvalue weighted by Crippen LogP contribution is -2.42. The molecule has 0 radical (unpaired) electrons. The summed E-state index contributed by atoms with van der Waals surface area (Å²) < 4.78 is 25.3. The smallest absolute Gasteiger partial charge is 0.255 e. The number of ether oxygens (including phenoxy) is 2. The minimum absolute atomic E-state index is 0.161. The third-order valence-corrected chi connectivity index (χ3v) is 4.36. The first-order chi connectivity index (χ1) is 12.6. The van der Waals surface area contributed by atoms with Crippen LogP contribution in [-0.4, -0.2) is 48.8 Å². The number of benzene rings is 1. The fourth-order valence-corrected chi connectivity index (χ4v) is 2.92. The van der Waals surface area contributed by atoms with Gasteiger partial charge in [0.05, 0.1) is 25.3 Å². The summed E-state index contributed by atoms with van der Waals surface area (Å²) in [6.45, 7) is 2.02. The van der Waals surface area contributed by atoms with Crippen molar-refractivity contribution in [2.75, 3.05) is 33.4 Å². The lowest BCUT2D eigenvalue weighted by molar-refractivity contribution is -0.0228. The van der Waals surface area contributed by atoms with Crippen LogP contribution >= 0.6 is 0 Å². The number of carbonyl (C=O) groups is 1. The van der Waals surface area contributed by atoms with E-state index in [1.807, 2.05) is 0 Å². The number of aromatic nitrogens is 1. The van der Waals surface area contributed by atoms with Gasteiger partial charge in [-0.2, -0.15) is 0 Å². The molecule has 1 atom stereocenters. The molecular formula is C19H21FN2O4. The van der Waals surface area contributed by atoms with E-state index in [1.165, 1.54) is 28.8 Å². The Hall–Kier alpha value is -2.51. The molecule has 26 heavy (non-hydrogen) atoms. The molecule has 1 aromatic carbocycles. The lowest BCUT2D eigenvalue weighted by atomic mass is 10.1. The zero-order chi connectivity index (χ0) is 18.5. The first-order valence-corrected chi connectivity index (χ1v) is 8.44. The van der Waals surface area contributed by atoms with Crippen LogP contribution in [0.15, 0.2) is 47.4 Å². The number of rotatable bonds is 5. The van der Waals surface area contributed by atoms with Gasteiger partial charge in [0.1, 0.15) is 11.9 Å². The molecule has 1 amide bonds. The molecular weight excluding hydrogens is 339 g/mol. The van der Waals surface area contributed by atoms with Gasteiger partial charge in [-0.05, 0) is 23.8 Å². The van der Waals surface area contributed by atoms with Gasteiger partial charge in [-0.25, -0.2) is 4.39 Å². The Morgan fingerprint density at radius 2 is 2.04 bits per heavy atom. The van der Waals surface area contributed by atoms with Crippen molar-refractivity contribution in [2.24, 2.45) is 0 Å². The monoisotopic (exact) mass is 360 g/mol. The molecule has 0 saturated carbocycles. The van der Waals surface area contributed by atoms with Gasteiger partial charge in [0.15, 0.2) is 0 Å². The molecule has 0 bridgehead atoms. The molecule has 0 N–H and O–H groups in total. The van der Waals surface area contributed by atoms with Crippen LogP contribution in [0.5, 0.6) is 0 Å². The number of carbonyl (C=O) groups excluding carboxylic acids is 1. The van der Waals surface area contributed by atoms with Crippen LogP contribution in [0.4, 0.5) is 4.39 Å². The fraction of sp³-hybridized carbons (Fsp3) is 0.368. The molecule has 2 heterocycles. The molecule has 3 rings (SSSR count). The fourth-order valence-electron chi connectivity index (χ4n) is 2.92. The van der Waals surface area contributed by atoms with Gasteiger partial charge in [0.25, 0.3) is 11.5 Å². The van der Waals surface area contributed by atoms with E-state index in [2.05, 4.69) is 0 Å². The Labute approximate surface area is 150 Å². The van der Waals surface area contributed by atoms with E-state index in [0.29, 0.717) is 38.4 Å². The summed E-state index contributed by atoms with van der Waals surface area (Å²) in [5.74, 6) is -0.470. The van der Waals surface area contributed by atoms with Crippen LogP contribution in [0.2, 0.25) is 0 Å². The Balaban J connectivity index is 1.74. The average Bonchev–Trinajstić information content (AvgIpc) is 2.67. The standard InChI is InChI=1S/C19H21FN2O4/c1-25-10-8-21-12-15(4-7-18(21)23)19(24)22-9-11-26-17(13-22)14-2-5-16(20)6-3-14/h2-7,12,17H,8-11,13H2,1H3/t17-/m1/s1. The molecule has 1 saturated heterocycles. The summed E-state index contributed by atoms with van der Waals surface area (Å²) in [6, 6.07) is 9.02. The maximum absolute atomic E-state index is 13.1. The second-order valence-corrected chi connectivity index (χ2v) is 6.10. The van der Waals surface area contributed by atoms with Gasteiger partial charge in [-0.1, -0.05) is 12.1 Å². The highest BCUT2D eigenvalue weighted by Gasteiger charge is 2.26. The van der Waals surface area contributed by atoms with Crippen molar-refractivity contribution in [1.29, 1.82) is 0 Å². The largest absolute Gasteiger partial charge is 0.383 e. The molecule has 1 aliphatic heterocycles. The van der Waals surface area contributed by atoms with Crippen LogP contribution in [0.25, 0.3) is 0 Å². The molecule has 7 heteroatoms. The average molecular weight is 360 g/mol. The highest BCUT2D eigenvalue weighted by molar-refractivity contribution is 5.94. The molecule has 1 aliphatic rings. The van der Waals surface area contributed by atoms with E-state index in [4.69, 9.17) is 9.47 Å². The van der Waals surface area contributed by atoms with Crippen molar-refractivity contribution in [2.45, 2.75) is 12.6 Å². The highest BCUT2D eigenvalue weighted by atomic mass is 19.1. The van der Waals surface area contributed by atoms with Crippen LogP contribution in [0.1, 0.15) is 22.0 Å². The van der Waals surface area contributed by atoms with Crippen molar-refractivity contribution >= 4 is 5.91 Å². The van der Waals surface area contributed by atoms with Gasteiger partial charge < -0.3 is 18.9 Å². The van der Waals surface area contributed by atoms with Crippen LogP contribution in [-0.2, 0) is 16.0 Å². The van der Waals surface area contributed by atoms with Gasteiger partial charge >= 0.3 is 0 Å². The van der Waals surface area contributed by atoms with Gasteiger partial charge in [0, 0.05) is 32.5 Å². The van der Waals surface area contributed by atoms with Crippen molar-refractivity contribution < 1.29 is 18.7 Å². The van der Waals surface area contributed by atoms with E-state index in [1.54, 1.807) is 30.3 Å². The van der Waals surface area contributed by atoms with E-state index in [9.17, 15) is 14.0 Å². The molecule has 0 aliphatic carbocycles. The van der Waals surface area contributed by atoms with E-state index < -0.39 is 0 Å². The van der Waals surface area contributed by atoms with Crippen molar-refractivity contribution in [3.63, 3.8) is 0 Å². The minimum Gasteiger partial charge on any atom is -0.383 e. The Kier molecular flexibility index (Phi) is 5.80. The summed E-state index contributed by atoms with van der Waals surface area (Å²) >= 11 is 0. The first kappa shape index (κ1) is 18.3. The lowest BCUT2D eigenvalue weighted by Gasteiger charge is -2.33. The molecule has 0 spiro atoms. The quantitative estimate of drug-likeness (QED) is 0.816. The summed E-state index contributed by atoms with van der Waals surface area (Å²) in [4.78, 5) is 26.4. The van der Waals surface area contributed by atoms with E-state index in [0.717, 1.165) is 5.56 Å². The first-order valence-electron chi connectivity index (χ1n) is 8.44. The molecule has 0 unspecified atom stereocenters. The van der Waals surface area contributed by atoms with Crippen LogP contribution < -0.4 is 5.56 Å². The topological polar surface area (TPSA) is 60.8 Å². The molecule has 1 aromatic heterocycles. The third-order valence-electron chi connectivity index (χ3n) is 4.36. The van der Waals surface area contributed by atoms with Crippen molar-refractivity contribution in [3.8, 4) is 0 Å². The number of amides is 1. The Morgan fingerprint density at radius 1 is 1.27 bits per heavy atom. The minimum atomic E-state index is -0.309. The van der Waals surface area contributed by atoms with Crippen molar-refractivity contribution in [3.05, 3.63) is 69.9 Å². The normalized spacial score (nSPS) is 17.3. The van der Waals surface area contributed by atoms with E-state index in [-0.39, 0.29) is 23.4 Å². The number of nitrogens with zero attached hydrogens (tertiary/aromatic N) is 2.